The first kappa shape index (κ1) is 24.6. The van der Waals surface area contributed by atoms with Crippen molar-refractivity contribution >= 4 is 23.2 Å². The Kier molecular flexibility index (Phi) is 6.99. The second-order valence-electron chi connectivity index (χ2n) is 8.94. The van der Waals surface area contributed by atoms with Gasteiger partial charge in [-0.2, -0.15) is 13.2 Å². The third-order valence-corrected chi connectivity index (χ3v) is 6.07. The maximum absolute atomic E-state index is 12.9. The fourth-order valence-electron chi connectivity index (χ4n) is 4.40. The summed E-state index contributed by atoms with van der Waals surface area (Å²) in [5.41, 5.74) is 1.70. The van der Waals surface area contributed by atoms with Crippen LogP contribution in [0.2, 0.25) is 0 Å². The molecule has 3 aliphatic rings. The summed E-state index contributed by atoms with van der Waals surface area (Å²) in [6.45, 7) is 2.58. The first-order chi connectivity index (χ1) is 16.6. The zero-order valence-corrected chi connectivity index (χ0v) is 19.5. The molecule has 3 atom stereocenters. The molecule has 9 nitrogen and oxygen atoms in total. The van der Waals surface area contributed by atoms with Crippen LogP contribution in [0.25, 0.3) is 5.57 Å². The van der Waals surface area contributed by atoms with Gasteiger partial charge in [-0.15, -0.1) is 0 Å². The quantitative estimate of drug-likeness (QED) is 0.537. The highest BCUT2D eigenvalue weighted by molar-refractivity contribution is 5.91. The molecule has 3 N–H and O–H groups in total. The predicted octanol–water partition coefficient (Wildman–Crippen LogP) is 1.53. The fourth-order valence-corrected chi connectivity index (χ4v) is 4.40. The van der Waals surface area contributed by atoms with Gasteiger partial charge in [0.15, 0.2) is 5.82 Å². The number of rotatable bonds is 5. The van der Waals surface area contributed by atoms with E-state index in [0.29, 0.717) is 18.2 Å². The number of anilines is 1. The number of halogens is 3. The monoisotopic (exact) mass is 491 g/mol. The largest absolute Gasteiger partial charge is 0.405 e. The van der Waals surface area contributed by atoms with Crippen molar-refractivity contribution in [1.29, 1.82) is 0 Å². The highest BCUT2D eigenvalue weighted by Gasteiger charge is 2.38. The molecule has 4 rings (SSSR count). The minimum absolute atomic E-state index is 0.0350. The summed E-state index contributed by atoms with van der Waals surface area (Å²) in [4.78, 5) is 37.6. The molecule has 1 saturated heterocycles. The van der Waals surface area contributed by atoms with Crippen molar-refractivity contribution in [3.63, 3.8) is 0 Å². The lowest BCUT2D eigenvalue weighted by Gasteiger charge is -2.41. The SMILES string of the molecule is CC(C)=CC(=O)N1CCN(c2ccnc(C3=CNC4NC=CCC34)n2)[C@@H](C(=O)NCC(F)(F)F)C1. The molecule has 2 unspecified atom stereocenters. The number of piperazine rings is 1. The fraction of sp³-hybridized carbons (Fsp3) is 0.478. The second-order valence-corrected chi connectivity index (χ2v) is 8.94. The Morgan fingerprint density at radius 3 is 2.80 bits per heavy atom. The van der Waals surface area contributed by atoms with E-state index in [1.165, 1.54) is 11.0 Å². The zero-order chi connectivity index (χ0) is 25.2. The number of allylic oxidation sites excluding steroid dienone is 2. The average Bonchev–Trinajstić information content (AvgIpc) is 3.25. The third-order valence-electron chi connectivity index (χ3n) is 6.07. The summed E-state index contributed by atoms with van der Waals surface area (Å²) >= 11 is 0. The molecule has 0 aliphatic carbocycles. The summed E-state index contributed by atoms with van der Waals surface area (Å²) in [6.07, 6.45) is 5.09. The molecule has 1 fully saturated rings. The number of carbonyl (C=O) groups is 2. The molecule has 0 bridgehead atoms. The zero-order valence-electron chi connectivity index (χ0n) is 19.5. The maximum Gasteiger partial charge on any atom is 0.405 e. The van der Waals surface area contributed by atoms with E-state index in [-0.39, 0.29) is 31.1 Å². The van der Waals surface area contributed by atoms with E-state index in [1.54, 1.807) is 31.0 Å². The van der Waals surface area contributed by atoms with Crippen LogP contribution in [0.5, 0.6) is 0 Å². The number of hydrogen-bond donors (Lipinski definition) is 3. The molecular formula is C23H28F3N7O2. The van der Waals surface area contributed by atoms with E-state index in [0.717, 1.165) is 17.6 Å². The van der Waals surface area contributed by atoms with Crippen LogP contribution in [-0.4, -0.2) is 71.2 Å². The Morgan fingerprint density at radius 1 is 1.26 bits per heavy atom. The minimum atomic E-state index is -4.55. The minimum Gasteiger partial charge on any atom is -0.371 e. The Bertz CT molecular complexity index is 1070. The van der Waals surface area contributed by atoms with Crippen molar-refractivity contribution in [2.24, 2.45) is 5.92 Å². The van der Waals surface area contributed by atoms with E-state index < -0.39 is 24.7 Å². The van der Waals surface area contributed by atoms with Crippen molar-refractivity contribution in [2.75, 3.05) is 31.1 Å². The number of hydrogen-bond acceptors (Lipinski definition) is 7. The number of aromatic nitrogens is 2. The predicted molar refractivity (Wildman–Crippen MR) is 124 cm³/mol. The van der Waals surface area contributed by atoms with Crippen LogP contribution >= 0.6 is 0 Å². The Morgan fingerprint density at radius 2 is 2.06 bits per heavy atom. The molecular weight excluding hydrogens is 463 g/mol. The van der Waals surface area contributed by atoms with Gasteiger partial charge < -0.3 is 25.8 Å². The van der Waals surface area contributed by atoms with Crippen LogP contribution in [0.3, 0.4) is 0 Å². The molecule has 3 aliphatic heterocycles. The highest BCUT2D eigenvalue weighted by Crippen LogP contribution is 2.33. The summed E-state index contributed by atoms with van der Waals surface area (Å²) in [6, 6.07) is 0.590. The van der Waals surface area contributed by atoms with Crippen molar-refractivity contribution in [1.82, 2.24) is 30.8 Å². The molecule has 0 radical (unpaired) electrons. The molecule has 188 valence electrons. The van der Waals surface area contributed by atoms with Crippen LogP contribution in [0.4, 0.5) is 19.0 Å². The number of amides is 2. The summed E-state index contributed by atoms with van der Waals surface area (Å²) in [5, 5.41) is 8.46. The Labute approximate surface area is 201 Å². The third kappa shape index (κ3) is 5.75. The first-order valence-corrected chi connectivity index (χ1v) is 11.4. The van der Waals surface area contributed by atoms with Crippen molar-refractivity contribution in [3.05, 3.63) is 48.2 Å². The van der Waals surface area contributed by atoms with Gasteiger partial charge in [-0.05, 0) is 32.5 Å². The molecule has 0 saturated carbocycles. The smallest absolute Gasteiger partial charge is 0.371 e. The number of nitrogens with one attached hydrogen (secondary N) is 3. The Hall–Kier alpha value is -3.57. The number of carbonyl (C=O) groups excluding carboxylic acids is 2. The molecule has 0 aromatic carbocycles. The van der Waals surface area contributed by atoms with E-state index in [9.17, 15) is 22.8 Å². The topological polar surface area (TPSA) is 102 Å². The summed E-state index contributed by atoms with van der Waals surface area (Å²) in [5.74, 6) is -0.0785. The van der Waals surface area contributed by atoms with Gasteiger partial charge in [0, 0.05) is 43.1 Å². The lowest BCUT2D eigenvalue weighted by molar-refractivity contribution is -0.140. The number of fused-ring (bicyclic) bond motifs is 1. The van der Waals surface area contributed by atoms with Gasteiger partial charge in [0.2, 0.25) is 11.8 Å². The van der Waals surface area contributed by atoms with Gasteiger partial charge >= 0.3 is 6.18 Å². The molecule has 2 amide bonds. The normalized spacial score (nSPS) is 23.6. The van der Waals surface area contributed by atoms with Gasteiger partial charge in [0.1, 0.15) is 24.6 Å². The maximum atomic E-state index is 12.9. The molecule has 0 spiro atoms. The lowest BCUT2D eigenvalue weighted by Crippen LogP contribution is -2.61. The molecule has 4 heterocycles. The summed E-state index contributed by atoms with van der Waals surface area (Å²) < 4.78 is 38.3. The van der Waals surface area contributed by atoms with Gasteiger partial charge in [-0.3, -0.25) is 9.59 Å². The van der Waals surface area contributed by atoms with Gasteiger partial charge in [-0.25, -0.2) is 9.97 Å². The van der Waals surface area contributed by atoms with Crippen LogP contribution in [-0.2, 0) is 9.59 Å². The van der Waals surface area contributed by atoms with Crippen molar-refractivity contribution < 1.29 is 22.8 Å². The average molecular weight is 492 g/mol. The molecule has 12 heteroatoms. The van der Waals surface area contributed by atoms with E-state index in [1.807, 2.05) is 23.8 Å². The van der Waals surface area contributed by atoms with E-state index in [4.69, 9.17) is 0 Å². The van der Waals surface area contributed by atoms with Crippen LogP contribution in [0.15, 0.2) is 42.4 Å². The van der Waals surface area contributed by atoms with Crippen LogP contribution < -0.4 is 20.9 Å². The Balaban J connectivity index is 1.58. The lowest BCUT2D eigenvalue weighted by atomic mass is 9.93. The van der Waals surface area contributed by atoms with E-state index in [2.05, 4.69) is 20.6 Å². The highest BCUT2D eigenvalue weighted by atomic mass is 19.4. The van der Waals surface area contributed by atoms with Gasteiger partial charge in [0.05, 0.1) is 6.54 Å². The molecule has 35 heavy (non-hydrogen) atoms. The standard InChI is InChI=1S/C23H28F3N7O2/c1-14(2)10-19(34)32-8-9-33(17(12-32)22(35)30-13-23(24,25)26)18-5-7-28-21(31-18)16-11-29-20-15(16)4-3-6-27-20/h3,5-7,10-11,15,17,20,27,29H,4,8-9,12-13H2,1-2H3,(H,30,35)/t15?,17-,20?/m1/s1. The van der Waals surface area contributed by atoms with E-state index >= 15 is 0 Å². The van der Waals surface area contributed by atoms with Crippen LogP contribution in [0, 0.1) is 5.92 Å². The van der Waals surface area contributed by atoms with Gasteiger partial charge in [-0.1, -0.05) is 11.6 Å². The second kappa shape index (κ2) is 9.96. The molecule has 1 aromatic heterocycles. The molecule has 1 aromatic rings. The van der Waals surface area contributed by atoms with Crippen molar-refractivity contribution in [2.45, 2.75) is 38.7 Å². The summed E-state index contributed by atoms with van der Waals surface area (Å²) in [7, 11) is 0. The van der Waals surface area contributed by atoms with Gasteiger partial charge in [0.25, 0.3) is 0 Å². The number of nitrogens with zero attached hydrogens (tertiary/aromatic N) is 4. The van der Waals surface area contributed by atoms with Crippen molar-refractivity contribution in [3.8, 4) is 0 Å². The van der Waals surface area contributed by atoms with Crippen LogP contribution in [0.1, 0.15) is 26.1 Å². The number of alkyl halides is 3. The first-order valence-electron chi connectivity index (χ1n) is 11.4.